The van der Waals surface area contributed by atoms with Crippen LogP contribution < -0.4 is 14.2 Å². The van der Waals surface area contributed by atoms with Gasteiger partial charge in [0.25, 0.3) is 0 Å². The van der Waals surface area contributed by atoms with E-state index in [0.29, 0.717) is 35.0 Å². The normalized spacial score (nSPS) is 10.0. The smallest absolute Gasteiger partial charge is 0.180 e. The Morgan fingerprint density at radius 2 is 1.81 bits per heavy atom. The third-order valence-electron chi connectivity index (χ3n) is 2.93. The molecule has 0 amide bonds. The van der Waals surface area contributed by atoms with Gasteiger partial charge in [-0.2, -0.15) is 0 Å². The number of methoxy groups -OCH3 is 2. The summed E-state index contributed by atoms with van der Waals surface area (Å²) in [6.45, 7) is 0.334. The second kappa shape index (κ2) is 6.99. The fraction of sp³-hybridized carbons (Fsp3) is 0.188. The fourth-order valence-corrected chi connectivity index (χ4v) is 2.10. The Hall–Kier alpha value is -2.20. The van der Waals surface area contributed by atoms with E-state index in [1.807, 2.05) is 24.3 Å². The molecule has 5 heteroatoms. The van der Waals surface area contributed by atoms with Crippen LogP contribution in [0.25, 0.3) is 0 Å². The summed E-state index contributed by atoms with van der Waals surface area (Å²) in [5.41, 5.74) is 1.40. The van der Waals surface area contributed by atoms with Crippen molar-refractivity contribution >= 4 is 17.9 Å². The zero-order chi connectivity index (χ0) is 15.2. The SMILES string of the molecule is COc1ccc(COc2c(Cl)cc(C=O)cc2OC)cc1. The predicted molar refractivity (Wildman–Crippen MR) is 80.7 cm³/mol. The molecule has 0 aliphatic carbocycles. The van der Waals surface area contributed by atoms with Gasteiger partial charge in [-0.25, -0.2) is 0 Å². The predicted octanol–water partition coefficient (Wildman–Crippen LogP) is 3.75. The number of aldehydes is 1. The van der Waals surface area contributed by atoms with Crippen LogP contribution >= 0.6 is 11.6 Å². The second-order valence-corrected chi connectivity index (χ2v) is 4.70. The van der Waals surface area contributed by atoms with Crippen molar-refractivity contribution in [1.82, 2.24) is 0 Å². The van der Waals surface area contributed by atoms with E-state index < -0.39 is 0 Å². The molecule has 0 aliphatic rings. The Morgan fingerprint density at radius 3 is 2.38 bits per heavy atom. The Labute approximate surface area is 128 Å². The van der Waals surface area contributed by atoms with Crippen molar-refractivity contribution in [2.24, 2.45) is 0 Å². The minimum Gasteiger partial charge on any atom is -0.497 e. The molecular weight excluding hydrogens is 292 g/mol. The largest absolute Gasteiger partial charge is 0.497 e. The molecule has 0 aliphatic heterocycles. The third kappa shape index (κ3) is 3.67. The lowest BCUT2D eigenvalue weighted by Gasteiger charge is -2.13. The average Bonchev–Trinajstić information content (AvgIpc) is 2.53. The van der Waals surface area contributed by atoms with Gasteiger partial charge in [0.05, 0.1) is 19.2 Å². The van der Waals surface area contributed by atoms with Crippen molar-refractivity contribution in [2.45, 2.75) is 6.61 Å². The van der Waals surface area contributed by atoms with Crippen LogP contribution in [0.5, 0.6) is 17.2 Å². The van der Waals surface area contributed by atoms with Crippen LogP contribution in [0.15, 0.2) is 36.4 Å². The van der Waals surface area contributed by atoms with Crippen molar-refractivity contribution in [3.05, 3.63) is 52.5 Å². The molecule has 0 aromatic heterocycles. The van der Waals surface area contributed by atoms with Gasteiger partial charge < -0.3 is 14.2 Å². The summed E-state index contributed by atoms with van der Waals surface area (Å²) >= 11 is 6.12. The molecule has 110 valence electrons. The van der Waals surface area contributed by atoms with Crippen LogP contribution in [0.2, 0.25) is 5.02 Å². The zero-order valence-corrected chi connectivity index (χ0v) is 12.5. The highest BCUT2D eigenvalue weighted by Gasteiger charge is 2.12. The highest BCUT2D eigenvalue weighted by atomic mass is 35.5. The van der Waals surface area contributed by atoms with Crippen LogP contribution in [0.3, 0.4) is 0 Å². The van der Waals surface area contributed by atoms with Crippen LogP contribution in [0, 0.1) is 0 Å². The Bertz CT molecular complexity index is 623. The molecule has 2 rings (SSSR count). The summed E-state index contributed by atoms with van der Waals surface area (Å²) in [6, 6.07) is 10.6. The van der Waals surface area contributed by atoms with E-state index in [1.54, 1.807) is 19.2 Å². The number of ether oxygens (including phenoxy) is 3. The van der Waals surface area contributed by atoms with Crippen molar-refractivity contribution in [3.8, 4) is 17.2 Å². The minimum atomic E-state index is 0.334. The van der Waals surface area contributed by atoms with Crippen molar-refractivity contribution < 1.29 is 19.0 Å². The molecule has 0 radical (unpaired) electrons. The maximum absolute atomic E-state index is 10.8. The van der Waals surface area contributed by atoms with Crippen molar-refractivity contribution in [2.75, 3.05) is 14.2 Å². The van der Waals surface area contributed by atoms with Gasteiger partial charge in [0.1, 0.15) is 18.6 Å². The van der Waals surface area contributed by atoms with E-state index in [-0.39, 0.29) is 0 Å². The number of halogens is 1. The number of hydrogen-bond acceptors (Lipinski definition) is 4. The summed E-state index contributed by atoms with van der Waals surface area (Å²) in [7, 11) is 3.12. The van der Waals surface area contributed by atoms with Crippen LogP contribution in [-0.2, 0) is 6.61 Å². The standard InChI is InChI=1S/C16H15ClO4/c1-19-13-5-3-11(4-6-13)10-21-16-14(17)7-12(9-18)8-15(16)20-2/h3-9H,10H2,1-2H3. The maximum Gasteiger partial charge on any atom is 0.180 e. The molecule has 0 fully saturated rings. The molecule has 2 aromatic carbocycles. The highest BCUT2D eigenvalue weighted by molar-refractivity contribution is 6.32. The van der Waals surface area contributed by atoms with Gasteiger partial charge in [0, 0.05) is 5.56 Å². The molecule has 0 N–H and O–H groups in total. The first kappa shape index (κ1) is 15.2. The van der Waals surface area contributed by atoms with Gasteiger partial charge in [-0.3, -0.25) is 4.79 Å². The highest BCUT2D eigenvalue weighted by Crippen LogP contribution is 2.36. The molecule has 0 saturated carbocycles. The van der Waals surface area contributed by atoms with E-state index in [2.05, 4.69) is 0 Å². The molecule has 2 aromatic rings. The van der Waals surface area contributed by atoms with E-state index in [4.69, 9.17) is 25.8 Å². The van der Waals surface area contributed by atoms with E-state index >= 15 is 0 Å². The lowest BCUT2D eigenvalue weighted by molar-refractivity contribution is 0.112. The number of carbonyl (C=O) groups is 1. The van der Waals surface area contributed by atoms with Gasteiger partial charge in [0.2, 0.25) is 0 Å². The molecular formula is C16H15ClO4. The van der Waals surface area contributed by atoms with Gasteiger partial charge in [0.15, 0.2) is 11.5 Å². The number of rotatable bonds is 6. The molecule has 0 bridgehead atoms. The third-order valence-corrected chi connectivity index (χ3v) is 3.21. The Balaban J connectivity index is 2.16. The van der Waals surface area contributed by atoms with Crippen molar-refractivity contribution in [3.63, 3.8) is 0 Å². The van der Waals surface area contributed by atoms with Gasteiger partial charge >= 0.3 is 0 Å². The van der Waals surface area contributed by atoms with E-state index in [9.17, 15) is 4.79 Å². The van der Waals surface area contributed by atoms with Crippen LogP contribution in [-0.4, -0.2) is 20.5 Å². The average molecular weight is 307 g/mol. The first-order valence-electron chi connectivity index (χ1n) is 6.26. The minimum absolute atomic E-state index is 0.334. The first-order valence-corrected chi connectivity index (χ1v) is 6.64. The maximum atomic E-state index is 10.8. The Morgan fingerprint density at radius 1 is 1.10 bits per heavy atom. The number of benzene rings is 2. The quantitative estimate of drug-likeness (QED) is 0.762. The van der Waals surface area contributed by atoms with E-state index in [0.717, 1.165) is 11.3 Å². The molecule has 0 heterocycles. The topological polar surface area (TPSA) is 44.8 Å². The summed E-state index contributed by atoms with van der Waals surface area (Å²) in [4.78, 5) is 10.8. The lowest BCUT2D eigenvalue weighted by Crippen LogP contribution is -1.99. The fourth-order valence-electron chi connectivity index (χ4n) is 1.83. The molecule has 0 unspecified atom stereocenters. The Kier molecular flexibility index (Phi) is 5.06. The molecule has 4 nitrogen and oxygen atoms in total. The van der Waals surface area contributed by atoms with Gasteiger partial charge in [-0.05, 0) is 29.8 Å². The monoisotopic (exact) mass is 306 g/mol. The second-order valence-electron chi connectivity index (χ2n) is 4.29. The van der Waals surface area contributed by atoms with E-state index in [1.165, 1.54) is 7.11 Å². The molecule has 0 atom stereocenters. The molecule has 21 heavy (non-hydrogen) atoms. The summed E-state index contributed by atoms with van der Waals surface area (Å²) < 4.78 is 16.0. The molecule has 0 saturated heterocycles. The summed E-state index contributed by atoms with van der Waals surface area (Å²) in [5.74, 6) is 1.63. The number of carbonyl (C=O) groups excluding carboxylic acids is 1. The molecule has 0 spiro atoms. The number of hydrogen-bond donors (Lipinski definition) is 0. The summed E-state index contributed by atoms with van der Waals surface area (Å²) in [6.07, 6.45) is 0.710. The lowest BCUT2D eigenvalue weighted by atomic mass is 10.2. The van der Waals surface area contributed by atoms with Crippen LogP contribution in [0.1, 0.15) is 15.9 Å². The van der Waals surface area contributed by atoms with Crippen LogP contribution in [0.4, 0.5) is 0 Å². The van der Waals surface area contributed by atoms with Crippen molar-refractivity contribution in [1.29, 1.82) is 0 Å². The first-order chi connectivity index (χ1) is 10.2. The van der Waals surface area contributed by atoms with Gasteiger partial charge in [-0.1, -0.05) is 23.7 Å². The zero-order valence-electron chi connectivity index (χ0n) is 11.8. The summed E-state index contributed by atoms with van der Waals surface area (Å²) in [5, 5.41) is 0.338. The van der Waals surface area contributed by atoms with Gasteiger partial charge in [-0.15, -0.1) is 0 Å².